The lowest BCUT2D eigenvalue weighted by molar-refractivity contribution is -0.134. The molecule has 2 heterocycles. The zero-order valence-electron chi connectivity index (χ0n) is 13.2. The topological polar surface area (TPSA) is 46.3 Å². The van der Waals surface area contributed by atoms with E-state index < -0.39 is 0 Å². The zero-order chi connectivity index (χ0) is 14.8. The van der Waals surface area contributed by atoms with Gasteiger partial charge in [0.05, 0.1) is 5.69 Å². The maximum Gasteiger partial charge on any atom is 0.222 e. The monoisotopic (exact) mass is 290 g/mol. The Morgan fingerprint density at radius 1 is 1.24 bits per heavy atom. The van der Waals surface area contributed by atoms with Gasteiger partial charge in [0.25, 0.3) is 0 Å². The van der Waals surface area contributed by atoms with E-state index in [4.69, 9.17) is 4.52 Å². The fraction of sp³-hybridized carbons (Fsp3) is 0.765. The second-order valence-corrected chi connectivity index (χ2v) is 6.74. The highest BCUT2D eigenvalue weighted by atomic mass is 16.5. The van der Waals surface area contributed by atoms with Gasteiger partial charge in [-0.05, 0) is 44.9 Å². The van der Waals surface area contributed by atoms with Crippen molar-refractivity contribution in [2.45, 2.75) is 58.8 Å². The van der Waals surface area contributed by atoms with E-state index in [9.17, 15) is 4.79 Å². The molecule has 1 saturated carbocycles. The van der Waals surface area contributed by atoms with Crippen LogP contribution in [0.5, 0.6) is 0 Å². The van der Waals surface area contributed by atoms with Crippen molar-refractivity contribution in [3.63, 3.8) is 0 Å². The first-order valence-electron chi connectivity index (χ1n) is 8.34. The number of hydrogen-bond donors (Lipinski definition) is 0. The maximum absolute atomic E-state index is 12.5. The molecular formula is C17H26N2O2. The first-order chi connectivity index (χ1) is 10.1. The van der Waals surface area contributed by atoms with Crippen molar-refractivity contribution in [3.05, 3.63) is 17.0 Å². The van der Waals surface area contributed by atoms with Gasteiger partial charge in [0.15, 0.2) is 0 Å². The molecule has 1 aromatic heterocycles. The average Bonchev–Trinajstić information content (AvgIpc) is 2.83. The van der Waals surface area contributed by atoms with Crippen LogP contribution in [0.4, 0.5) is 0 Å². The second kappa shape index (κ2) is 6.20. The van der Waals surface area contributed by atoms with Crippen LogP contribution in [0, 0.1) is 25.7 Å². The fourth-order valence-electron chi connectivity index (χ4n) is 4.08. The van der Waals surface area contributed by atoms with E-state index in [0.717, 1.165) is 48.4 Å². The summed E-state index contributed by atoms with van der Waals surface area (Å²) in [4.78, 5) is 14.6. The third kappa shape index (κ3) is 3.14. The molecule has 2 atom stereocenters. The molecule has 2 aliphatic rings. The highest BCUT2D eigenvalue weighted by Gasteiger charge is 2.32. The first kappa shape index (κ1) is 14.6. The Labute approximate surface area is 126 Å². The molecule has 1 aliphatic heterocycles. The number of nitrogens with zero attached hydrogens (tertiary/aromatic N) is 2. The Hall–Kier alpha value is -1.32. The number of hydrogen-bond acceptors (Lipinski definition) is 3. The van der Waals surface area contributed by atoms with E-state index in [1.54, 1.807) is 0 Å². The molecule has 0 spiro atoms. The number of piperidine rings is 1. The van der Waals surface area contributed by atoms with Crippen LogP contribution in [-0.4, -0.2) is 29.1 Å². The molecule has 4 nitrogen and oxygen atoms in total. The minimum absolute atomic E-state index is 0.305. The normalized spacial score (nSPS) is 25.7. The van der Waals surface area contributed by atoms with E-state index >= 15 is 0 Å². The molecule has 116 valence electrons. The summed E-state index contributed by atoms with van der Waals surface area (Å²) in [5, 5.41) is 3.96. The van der Waals surface area contributed by atoms with Gasteiger partial charge in [0, 0.05) is 25.1 Å². The third-order valence-corrected chi connectivity index (χ3v) is 5.41. The van der Waals surface area contributed by atoms with Gasteiger partial charge in [-0.1, -0.05) is 24.4 Å². The minimum atomic E-state index is 0.305. The summed E-state index contributed by atoms with van der Waals surface area (Å²) >= 11 is 0. The van der Waals surface area contributed by atoms with Gasteiger partial charge in [0.1, 0.15) is 5.76 Å². The number of likely N-dealkylation sites (tertiary alicyclic amines) is 1. The van der Waals surface area contributed by atoms with Crippen molar-refractivity contribution in [3.8, 4) is 0 Å². The molecule has 3 rings (SSSR count). The molecule has 0 unspecified atom stereocenters. The molecule has 0 N–H and O–H groups in total. The lowest BCUT2D eigenvalue weighted by atomic mass is 9.75. The summed E-state index contributed by atoms with van der Waals surface area (Å²) < 4.78 is 5.17. The number of aryl methyl sites for hydroxylation is 2. The number of amides is 1. The van der Waals surface area contributed by atoms with Gasteiger partial charge < -0.3 is 9.42 Å². The van der Waals surface area contributed by atoms with Gasteiger partial charge in [-0.25, -0.2) is 0 Å². The quantitative estimate of drug-likeness (QED) is 0.858. The molecule has 4 heteroatoms. The number of fused-ring (bicyclic) bond motifs is 1. The maximum atomic E-state index is 12.5. The molecule has 0 radical (unpaired) electrons. The Balaban J connectivity index is 1.54. The van der Waals surface area contributed by atoms with Crippen molar-refractivity contribution in [1.29, 1.82) is 0 Å². The number of aromatic nitrogens is 1. The van der Waals surface area contributed by atoms with Gasteiger partial charge in [-0.3, -0.25) is 4.79 Å². The predicted molar refractivity (Wildman–Crippen MR) is 80.9 cm³/mol. The standard InChI is InChI=1S/C17H26N2O2/c1-12-16(13(2)21-18-12)7-8-17(20)19-10-9-14-5-3-4-6-15(14)11-19/h14-15H,3-11H2,1-2H3/t14-,15-/m1/s1. The van der Waals surface area contributed by atoms with E-state index in [1.807, 2.05) is 13.8 Å². The molecule has 1 amide bonds. The van der Waals surface area contributed by atoms with Crippen LogP contribution in [0.25, 0.3) is 0 Å². The largest absolute Gasteiger partial charge is 0.361 e. The average molecular weight is 290 g/mol. The van der Waals surface area contributed by atoms with Crippen molar-refractivity contribution >= 4 is 5.91 Å². The van der Waals surface area contributed by atoms with Crippen LogP contribution in [0.3, 0.4) is 0 Å². The van der Waals surface area contributed by atoms with E-state index in [0.29, 0.717) is 12.3 Å². The number of carbonyl (C=O) groups is 1. The van der Waals surface area contributed by atoms with Crippen molar-refractivity contribution in [2.24, 2.45) is 11.8 Å². The molecule has 1 aromatic rings. The van der Waals surface area contributed by atoms with Gasteiger partial charge >= 0.3 is 0 Å². The number of carbonyl (C=O) groups excluding carboxylic acids is 1. The number of rotatable bonds is 3. The van der Waals surface area contributed by atoms with Crippen LogP contribution < -0.4 is 0 Å². The van der Waals surface area contributed by atoms with E-state index in [2.05, 4.69) is 10.1 Å². The Morgan fingerprint density at radius 2 is 2.00 bits per heavy atom. The molecule has 1 saturated heterocycles. The van der Waals surface area contributed by atoms with Gasteiger partial charge in [-0.15, -0.1) is 0 Å². The summed E-state index contributed by atoms with van der Waals surface area (Å²) in [5.41, 5.74) is 2.03. The molecule has 2 fully saturated rings. The SMILES string of the molecule is Cc1noc(C)c1CCC(=O)N1CC[C@H]2CCCC[C@@H]2C1. The van der Waals surface area contributed by atoms with Gasteiger partial charge in [0.2, 0.25) is 5.91 Å². The van der Waals surface area contributed by atoms with Crippen LogP contribution >= 0.6 is 0 Å². The van der Waals surface area contributed by atoms with Crippen molar-refractivity contribution < 1.29 is 9.32 Å². The smallest absolute Gasteiger partial charge is 0.222 e. The lowest BCUT2D eigenvalue weighted by Gasteiger charge is -2.41. The van der Waals surface area contributed by atoms with Crippen molar-refractivity contribution in [2.75, 3.05) is 13.1 Å². The van der Waals surface area contributed by atoms with E-state index in [1.165, 1.54) is 32.1 Å². The summed E-state index contributed by atoms with van der Waals surface area (Å²) in [5.74, 6) is 2.80. The van der Waals surface area contributed by atoms with Crippen molar-refractivity contribution in [1.82, 2.24) is 10.1 Å². The second-order valence-electron chi connectivity index (χ2n) is 6.74. The highest BCUT2D eigenvalue weighted by molar-refractivity contribution is 5.76. The summed E-state index contributed by atoms with van der Waals surface area (Å²) in [6.07, 6.45) is 7.99. The van der Waals surface area contributed by atoms with Crippen LogP contribution in [-0.2, 0) is 11.2 Å². The zero-order valence-corrected chi connectivity index (χ0v) is 13.2. The highest BCUT2D eigenvalue weighted by Crippen LogP contribution is 2.36. The summed E-state index contributed by atoms with van der Waals surface area (Å²) in [6, 6.07) is 0. The summed E-state index contributed by atoms with van der Waals surface area (Å²) in [7, 11) is 0. The van der Waals surface area contributed by atoms with E-state index in [-0.39, 0.29) is 0 Å². The Morgan fingerprint density at radius 3 is 2.71 bits per heavy atom. The van der Waals surface area contributed by atoms with Crippen LogP contribution in [0.2, 0.25) is 0 Å². The van der Waals surface area contributed by atoms with Crippen LogP contribution in [0.1, 0.15) is 55.5 Å². The Kier molecular flexibility index (Phi) is 4.32. The first-order valence-corrected chi connectivity index (χ1v) is 8.34. The predicted octanol–water partition coefficient (Wildman–Crippen LogP) is 3.26. The molecule has 0 aromatic carbocycles. The van der Waals surface area contributed by atoms with Crippen LogP contribution in [0.15, 0.2) is 4.52 Å². The Bertz CT molecular complexity index is 489. The minimum Gasteiger partial charge on any atom is -0.361 e. The summed E-state index contributed by atoms with van der Waals surface area (Å²) in [6.45, 7) is 5.82. The molecular weight excluding hydrogens is 264 g/mol. The molecule has 0 bridgehead atoms. The molecule has 1 aliphatic carbocycles. The lowest BCUT2D eigenvalue weighted by Crippen LogP contribution is -2.44. The molecule has 21 heavy (non-hydrogen) atoms. The van der Waals surface area contributed by atoms with Gasteiger partial charge in [-0.2, -0.15) is 0 Å². The fourth-order valence-corrected chi connectivity index (χ4v) is 4.08. The third-order valence-electron chi connectivity index (χ3n) is 5.41.